The van der Waals surface area contributed by atoms with E-state index >= 15 is 0 Å². The number of aliphatic hydroxyl groups is 1. The molecule has 0 radical (unpaired) electrons. The van der Waals surface area contributed by atoms with E-state index in [1.54, 1.807) is 48.5 Å². The fraction of sp³-hybridized carbons (Fsp3) is 0.103. The van der Waals surface area contributed by atoms with Crippen molar-refractivity contribution in [2.24, 2.45) is 0 Å². The smallest absolute Gasteiger partial charge is 0.301 e. The molecule has 1 N–H and O–H groups in total. The second-order valence-electron chi connectivity index (χ2n) is 8.58. The van der Waals surface area contributed by atoms with Crippen LogP contribution in [0.5, 0.6) is 5.75 Å². The minimum absolute atomic E-state index is 0.133. The van der Waals surface area contributed by atoms with Crippen LogP contribution in [0, 0.1) is 11.6 Å². The summed E-state index contributed by atoms with van der Waals surface area (Å²) in [5.74, 6) is -2.29. The van der Waals surface area contributed by atoms with Crippen LogP contribution in [0.25, 0.3) is 5.76 Å². The largest absolute Gasteiger partial charge is 0.507 e. The quantitative estimate of drug-likeness (QED) is 0.0623. The monoisotopic (exact) mass is 577 g/mol. The third-order valence-corrected chi connectivity index (χ3v) is 8.14. The number of hydrogen-bond donors (Lipinski definition) is 1. The summed E-state index contributed by atoms with van der Waals surface area (Å²) in [6, 6.07) is 17.0. The second kappa shape index (κ2) is 11.8. The summed E-state index contributed by atoms with van der Waals surface area (Å²) in [5.41, 5.74) is 0.994. The van der Waals surface area contributed by atoms with Gasteiger partial charge in [-0.25, -0.2) is 8.78 Å². The van der Waals surface area contributed by atoms with Gasteiger partial charge in [-0.2, -0.15) is 0 Å². The molecule has 4 aromatic rings. The van der Waals surface area contributed by atoms with Gasteiger partial charge in [0.25, 0.3) is 5.78 Å². The molecule has 1 aliphatic rings. The number of ketones is 1. The van der Waals surface area contributed by atoms with E-state index in [1.807, 2.05) is 0 Å². The molecule has 1 amide bonds. The van der Waals surface area contributed by atoms with E-state index < -0.39 is 29.3 Å². The van der Waals surface area contributed by atoms with Crippen molar-refractivity contribution >= 4 is 45.7 Å². The van der Waals surface area contributed by atoms with Gasteiger partial charge in [0.15, 0.2) is 4.34 Å². The van der Waals surface area contributed by atoms with Crippen molar-refractivity contribution in [2.45, 2.75) is 16.1 Å². The molecule has 7 nitrogen and oxygen atoms in total. The lowest BCUT2D eigenvalue weighted by molar-refractivity contribution is -0.132. The van der Waals surface area contributed by atoms with Crippen molar-refractivity contribution in [3.05, 3.63) is 119 Å². The summed E-state index contributed by atoms with van der Waals surface area (Å²) in [5, 5.41) is 19.6. The number of hydrogen-bond acceptors (Lipinski definition) is 8. The van der Waals surface area contributed by atoms with E-state index in [1.165, 1.54) is 34.9 Å². The molecule has 1 fully saturated rings. The Labute approximate surface area is 236 Å². The maximum Gasteiger partial charge on any atom is 0.301 e. The molecule has 1 unspecified atom stereocenters. The Morgan fingerprint density at radius 1 is 1.05 bits per heavy atom. The number of carbonyl (C=O) groups excluding carboxylic acids is 2. The summed E-state index contributed by atoms with van der Waals surface area (Å²) in [6.07, 6.45) is 1.60. The zero-order valence-corrected chi connectivity index (χ0v) is 22.4. The lowest BCUT2D eigenvalue weighted by Gasteiger charge is -2.22. The first-order chi connectivity index (χ1) is 19.4. The Morgan fingerprint density at radius 3 is 2.48 bits per heavy atom. The highest BCUT2D eigenvalue weighted by molar-refractivity contribution is 8.00. The van der Waals surface area contributed by atoms with Crippen LogP contribution in [-0.2, 0) is 15.3 Å². The summed E-state index contributed by atoms with van der Waals surface area (Å²) in [6.45, 7) is 3.91. The minimum Gasteiger partial charge on any atom is -0.507 e. The molecule has 3 aromatic carbocycles. The Hall–Kier alpha value is -4.35. The molecule has 1 saturated heterocycles. The van der Waals surface area contributed by atoms with Crippen molar-refractivity contribution in [1.29, 1.82) is 0 Å². The number of ether oxygens (including phenoxy) is 1. The minimum atomic E-state index is -1.05. The van der Waals surface area contributed by atoms with Crippen LogP contribution in [0.4, 0.5) is 13.9 Å². The highest BCUT2D eigenvalue weighted by Crippen LogP contribution is 2.44. The number of carbonyl (C=O) groups is 2. The van der Waals surface area contributed by atoms with Crippen molar-refractivity contribution in [3.63, 3.8) is 0 Å². The Morgan fingerprint density at radius 2 is 1.77 bits per heavy atom. The SMILES string of the molecule is C=CCOc1ccc(C2/C(=C(/O)c3ccc(F)cc3)C(=O)C(=O)N2c2nnc(SCc3ccccc3F)s2)cc1. The topological polar surface area (TPSA) is 92.6 Å². The van der Waals surface area contributed by atoms with E-state index in [0.29, 0.717) is 33.6 Å². The van der Waals surface area contributed by atoms with E-state index in [0.717, 1.165) is 23.5 Å². The van der Waals surface area contributed by atoms with Crippen LogP contribution in [0.2, 0.25) is 0 Å². The fourth-order valence-corrected chi connectivity index (χ4v) is 5.98. The third-order valence-electron chi connectivity index (χ3n) is 6.04. The van der Waals surface area contributed by atoms with E-state index in [9.17, 15) is 23.5 Å². The van der Waals surface area contributed by atoms with Gasteiger partial charge in [-0.3, -0.25) is 14.5 Å². The first-order valence-electron chi connectivity index (χ1n) is 12.0. The van der Waals surface area contributed by atoms with Gasteiger partial charge in [-0.15, -0.1) is 10.2 Å². The summed E-state index contributed by atoms with van der Waals surface area (Å²) >= 11 is 2.31. The van der Waals surface area contributed by atoms with Crippen molar-refractivity contribution in [2.75, 3.05) is 11.5 Å². The number of aliphatic hydroxyl groups excluding tert-OH is 1. The number of amides is 1. The molecule has 202 valence electrons. The molecule has 0 bridgehead atoms. The number of benzene rings is 3. The number of nitrogens with zero attached hydrogens (tertiary/aromatic N) is 3. The molecule has 1 aliphatic heterocycles. The van der Waals surface area contributed by atoms with Crippen molar-refractivity contribution in [3.8, 4) is 5.75 Å². The molecule has 0 spiro atoms. The average molecular weight is 578 g/mol. The maximum atomic E-state index is 14.1. The maximum absolute atomic E-state index is 14.1. The van der Waals surface area contributed by atoms with E-state index in [-0.39, 0.29) is 22.1 Å². The molecule has 11 heteroatoms. The van der Waals surface area contributed by atoms with Crippen LogP contribution in [-0.4, -0.2) is 33.6 Å². The molecule has 40 heavy (non-hydrogen) atoms. The highest BCUT2D eigenvalue weighted by atomic mass is 32.2. The number of thioether (sulfide) groups is 1. The Kier molecular flexibility index (Phi) is 8.04. The molecular formula is C29H21F2N3O4S2. The van der Waals surface area contributed by atoms with Gasteiger partial charge in [-0.05, 0) is 53.6 Å². The number of anilines is 1. The van der Waals surface area contributed by atoms with Crippen LogP contribution in [0.15, 0.2) is 95.4 Å². The standard InChI is InChI=1S/C29H21F2N3O4S2/c1-2-15-38-21-13-9-17(10-14-21)24-23(25(35)18-7-11-20(30)12-8-18)26(36)27(37)34(24)28-32-33-29(40-28)39-16-19-5-3-4-6-22(19)31/h2-14,24,35H,1,15-16H2/b25-23-. The molecular weight excluding hydrogens is 556 g/mol. The molecule has 5 rings (SSSR count). The molecule has 0 aliphatic carbocycles. The van der Waals surface area contributed by atoms with Crippen LogP contribution in [0.1, 0.15) is 22.7 Å². The normalized spacial score (nSPS) is 16.4. The van der Waals surface area contributed by atoms with Crippen LogP contribution in [0.3, 0.4) is 0 Å². The van der Waals surface area contributed by atoms with Gasteiger partial charge < -0.3 is 9.84 Å². The summed E-state index contributed by atoms with van der Waals surface area (Å²) in [4.78, 5) is 27.8. The van der Waals surface area contributed by atoms with Gasteiger partial charge in [-0.1, -0.05) is 66.1 Å². The van der Waals surface area contributed by atoms with Gasteiger partial charge in [0.05, 0.1) is 11.6 Å². The number of rotatable bonds is 9. The van der Waals surface area contributed by atoms with Gasteiger partial charge >= 0.3 is 5.91 Å². The first kappa shape index (κ1) is 27.2. The number of halogens is 2. The van der Waals surface area contributed by atoms with Gasteiger partial charge in [0.2, 0.25) is 5.13 Å². The Bertz CT molecular complexity index is 1600. The van der Waals surface area contributed by atoms with Crippen LogP contribution >= 0.6 is 23.1 Å². The van der Waals surface area contributed by atoms with Crippen LogP contribution < -0.4 is 9.64 Å². The third kappa shape index (κ3) is 5.51. The summed E-state index contributed by atoms with van der Waals surface area (Å²) < 4.78 is 33.6. The Balaban J connectivity index is 1.53. The molecule has 2 heterocycles. The number of Topliss-reactive ketones (excluding diaryl/α,β-unsaturated/α-hetero) is 1. The number of aromatic nitrogens is 2. The zero-order valence-electron chi connectivity index (χ0n) is 20.8. The predicted molar refractivity (Wildman–Crippen MR) is 149 cm³/mol. The van der Waals surface area contributed by atoms with E-state index in [4.69, 9.17) is 4.74 Å². The lowest BCUT2D eigenvalue weighted by Crippen LogP contribution is -2.29. The first-order valence-corrected chi connectivity index (χ1v) is 13.8. The van der Waals surface area contributed by atoms with Crippen molar-refractivity contribution in [1.82, 2.24) is 10.2 Å². The second-order valence-corrected chi connectivity index (χ2v) is 10.8. The van der Waals surface area contributed by atoms with Gasteiger partial charge in [0.1, 0.15) is 29.8 Å². The molecule has 1 aromatic heterocycles. The van der Waals surface area contributed by atoms with Crippen molar-refractivity contribution < 1.29 is 28.2 Å². The highest BCUT2D eigenvalue weighted by Gasteiger charge is 2.48. The average Bonchev–Trinajstić information content (AvgIpc) is 3.53. The summed E-state index contributed by atoms with van der Waals surface area (Å²) in [7, 11) is 0. The molecule has 0 saturated carbocycles. The zero-order chi connectivity index (χ0) is 28.2. The molecule has 1 atom stereocenters. The van der Waals surface area contributed by atoms with Gasteiger partial charge in [0, 0.05) is 11.3 Å². The fourth-order valence-electron chi connectivity index (χ4n) is 4.12. The lowest BCUT2D eigenvalue weighted by atomic mass is 9.95. The predicted octanol–water partition coefficient (Wildman–Crippen LogP) is 6.30. The van der Waals surface area contributed by atoms with E-state index in [2.05, 4.69) is 16.8 Å².